The quantitative estimate of drug-likeness (QED) is 0.618. The molecule has 1 aliphatic heterocycles. The van der Waals surface area contributed by atoms with Crippen molar-refractivity contribution >= 4 is 11.8 Å². The highest BCUT2D eigenvalue weighted by Crippen LogP contribution is 2.46. The standard InChI is InChI=1S/C27H28FNO4/c1-4-13-33-27(31)24-16(2)29-21-14-18(20-7-5-6-8-23(20)32-3)15-22(30)26(21)25(24)17-9-11-19(28)12-10-17/h5-12,18,25,29H,4,13-15H2,1-3H3/t18-,25+/m0/s1. The molecule has 0 saturated carbocycles. The number of esters is 1. The van der Waals surface area contributed by atoms with Crippen LogP contribution in [0.15, 0.2) is 71.1 Å². The number of allylic oxidation sites excluding steroid dienone is 3. The molecule has 1 aliphatic carbocycles. The van der Waals surface area contributed by atoms with Crippen molar-refractivity contribution in [3.63, 3.8) is 0 Å². The molecular formula is C27H28FNO4. The maximum absolute atomic E-state index is 13.7. The number of methoxy groups -OCH3 is 1. The van der Waals surface area contributed by atoms with Crippen LogP contribution in [0.3, 0.4) is 0 Å². The van der Waals surface area contributed by atoms with Crippen LogP contribution in [-0.4, -0.2) is 25.5 Å². The van der Waals surface area contributed by atoms with Gasteiger partial charge in [-0.2, -0.15) is 0 Å². The van der Waals surface area contributed by atoms with Gasteiger partial charge in [-0.1, -0.05) is 37.3 Å². The first-order valence-electron chi connectivity index (χ1n) is 11.2. The summed E-state index contributed by atoms with van der Waals surface area (Å²) in [6, 6.07) is 13.7. The van der Waals surface area contributed by atoms with E-state index in [0.29, 0.717) is 48.3 Å². The Bertz CT molecular complexity index is 1130. The molecule has 0 bridgehead atoms. The molecule has 2 aromatic rings. The minimum Gasteiger partial charge on any atom is -0.496 e. The van der Waals surface area contributed by atoms with Gasteiger partial charge in [-0.3, -0.25) is 4.79 Å². The number of carbonyl (C=O) groups is 2. The topological polar surface area (TPSA) is 64.6 Å². The number of ketones is 1. The summed E-state index contributed by atoms with van der Waals surface area (Å²) in [4.78, 5) is 26.6. The van der Waals surface area contributed by atoms with Crippen molar-refractivity contribution < 1.29 is 23.5 Å². The predicted octanol–water partition coefficient (Wildman–Crippen LogP) is 5.15. The zero-order chi connectivity index (χ0) is 23.5. The van der Waals surface area contributed by atoms with Crippen LogP contribution in [0.4, 0.5) is 4.39 Å². The fourth-order valence-electron chi connectivity index (χ4n) is 4.79. The number of para-hydroxylation sites is 1. The molecule has 0 spiro atoms. The Morgan fingerprint density at radius 1 is 1.12 bits per heavy atom. The number of halogens is 1. The Labute approximate surface area is 193 Å². The second-order valence-corrected chi connectivity index (χ2v) is 8.45. The number of rotatable bonds is 6. The zero-order valence-electron chi connectivity index (χ0n) is 19.1. The number of nitrogens with one attached hydrogen (secondary N) is 1. The van der Waals surface area contributed by atoms with Crippen molar-refractivity contribution in [3.8, 4) is 5.75 Å². The second-order valence-electron chi connectivity index (χ2n) is 8.45. The molecule has 1 heterocycles. The van der Waals surface area contributed by atoms with Crippen molar-refractivity contribution in [2.45, 2.75) is 44.9 Å². The molecular weight excluding hydrogens is 421 g/mol. The number of carbonyl (C=O) groups excluding carboxylic acids is 2. The largest absolute Gasteiger partial charge is 0.496 e. The lowest BCUT2D eigenvalue weighted by atomic mass is 9.71. The van der Waals surface area contributed by atoms with E-state index in [4.69, 9.17) is 9.47 Å². The minimum atomic E-state index is -0.600. The lowest BCUT2D eigenvalue weighted by Gasteiger charge is -2.37. The normalized spacial score (nSPS) is 20.3. The Balaban J connectivity index is 1.78. The van der Waals surface area contributed by atoms with E-state index < -0.39 is 11.9 Å². The first-order valence-corrected chi connectivity index (χ1v) is 11.2. The summed E-state index contributed by atoms with van der Waals surface area (Å²) in [5.41, 5.74) is 4.07. The number of Topliss-reactive ketones (excluding diaryl/α,β-unsaturated/α-hetero) is 1. The highest BCUT2D eigenvalue weighted by atomic mass is 19.1. The third-order valence-electron chi connectivity index (χ3n) is 6.27. The van der Waals surface area contributed by atoms with Crippen molar-refractivity contribution in [1.82, 2.24) is 5.32 Å². The summed E-state index contributed by atoms with van der Waals surface area (Å²) in [6.45, 7) is 4.04. The van der Waals surface area contributed by atoms with Crippen LogP contribution in [0, 0.1) is 5.82 Å². The first-order chi connectivity index (χ1) is 15.9. The van der Waals surface area contributed by atoms with E-state index in [1.165, 1.54) is 12.1 Å². The summed E-state index contributed by atoms with van der Waals surface area (Å²) >= 11 is 0. The van der Waals surface area contributed by atoms with Gasteiger partial charge in [0.1, 0.15) is 11.6 Å². The maximum Gasteiger partial charge on any atom is 0.336 e. The molecule has 5 nitrogen and oxygen atoms in total. The number of hydrogen-bond donors (Lipinski definition) is 1. The summed E-state index contributed by atoms with van der Waals surface area (Å²) in [5, 5.41) is 3.33. The molecule has 2 atom stereocenters. The smallest absolute Gasteiger partial charge is 0.336 e. The summed E-state index contributed by atoms with van der Waals surface area (Å²) in [6.07, 6.45) is 1.60. The Morgan fingerprint density at radius 2 is 1.85 bits per heavy atom. The molecule has 2 aromatic carbocycles. The van der Waals surface area contributed by atoms with Gasteiger partial charge in [0.2, 0.25) is 0 Å². The van der Waals surface area contributed by atoms with E-state index >= 15 is 0 Å². The van der Waals surface area contributed by atoms with Gasteiger partial charge in [0.25, 0.3) is 0 Å². The highest BCUT2D eigenvalue weighted by molar-refractivity contribution is 6.04. The highest BCUT2D eigenvalue weighted by Gasteiger charge is 2.41. The van der Waals surface area contributed by atoms with E-state index in [1.807, 2.05) is 38.1 Å². The van der Waals surface area contributed by atoms with Gasteiger partial charge >= 0.3 is 5.97 Å². The lowest BCUT2D eigenvalue weighted by Crippen LogP contribution is -2.36. The van der Waals surface area contributed by atoms with Crippen LogP contribution < -0.4 is 10.1 Å². The number of benzene rings is 2. The van der Waals surface area contributed by atoms with Gasteiger partial charge in [-0.25, -0.2) is 9.18 Å². The number of dihydropyridines is 1. The Hall–Kier alpha value is -3.41. The van der Waals surface area contributed by atoms with Crippen molar-refractivity contribution in [2.24, 2.45) is 0 Å². The van der Waals surface area contributed by atoms with Gasteiger partial charge in [0, 0.05) is 35.2 Å². The van der Waals surface area contributed by atoms with Crippen LogP contribution >= 0.6 is 0 Å². The van der Waals surface area contributed by atoms with Crippen molar-refractivity contribution in [1.29, 1.82) is 0 Å². The summed E-state index contributed by atoms with van der Waals surface area (Å²) in [7, 11) is 1.62. The molecule has 172 valence electrons. The molecule has 1 N–H and O–H groups in total. The van der Waals surface area contributed by atoms with Gasteiger partial charge in [0.15, 0.2) is 5.78 Å². The van der Waals surface area contributed by atoms with Gasteiger partial charge < -0.3 is 14.8 Å². The van der Waals surface area contributed by atoms with Crippen molar-refractivity contribution in [2.75, 3.05) is 13.7 Å². The molecule has 33 heavy (non-hydrogen) atoms. The van der Waals surface area contributed by atoms with Gasteiger partial charge in [0.05, 0.1) is 19.3 Å². The minimum absolute atomic E-state index is 0.0396. The SMILES string of the molecule is CCCOC(=O)C1=C(C)NC2=C(C(=O)C[C@@H](c3ccccc3OC)C2)[C@@H]1c1ccc(F)cc1. The predicted molar refractivity (Wildman–Crippen MR) is 123 cm³/mol. The van der Waals surface area contributed by atoms with Crippen molar-refractivity contribution in [3.05, 3.63) is 88.0 Å². The van der Waals surface area contributed by atoms with Gasteiger partial charge in [-0.05, 0) is 49.1 Å². The van der Waals surface area contributed by atoms with Crippen LogP contribution in [0.2, 0.25) is 0 Å². The second kappa shape index (κ2) is 9.61. The summed E-state index contributed by atoms with van der Waals surface area (Å²) < 4.78 is 24.6. The number of ether oxygens (including phenoxy) is 2. The molecule has 4 rings (SSSR count). The third kappa shape index (κ3) is 4.42. The third-order valence-corrected chi connectivity index (χ3v) is 6.27. The zero-order valence-corrected chi connectivity index (χ0v) is 19.1. The monoisotopic (exact) mass is 449 g/mol. The molecule has 0 amide bonds. The van der Waals surface area contributed by atoms with E-state index in [0.717, 1.165) is 17.0 Å². The lowest BCUT2D eigenvalue weighted by molar-refractivity contribution is -0.139. The van der Waals surface area contributed by atoms with Crippen LogP contribution in [0.5, 0.6) is 5.75 Å². The molecule has 6 heteroatoms. The maximum atomic E-state index is 13.7. The van der Waals surface area contributed by atoms with E-state index in [2.05, 4.69) is 5.32 Å². The summed E-state index contributed by atoms with van der Waals surface area (Å²) in [5.74, 6) is -0.762. The molecule has 2 aliphatic rings. The van der Waals surface area contributed by atoms with E-state index in [9.17, 15) is 14.0 Å². The fraction of sp³-hybridized carbons (Fsp3) is 0.333. The number of hydrogen-bond acceptors (Lipinski definition) is 5. The first kappa shape index (κ1) is 22.8. The Kier molecular flexibility index (Phi) is 6.63. The van der Waals surface area contributed by atoms with E-state index in [-0.39, 0.29) is 17.5 Å². The van der Waals surface area contributed by atoms with Crippen LogP contribution in [-0.2, 0) is 14.3 Å². The molecule has 0 unspecified atom stereocenters. The van der Waals surface area contributed by atoms with Gasteiger partial charge in [-0.15, -0.1) is 0 Å². The molecule has 0 aromatic heterocycles. The van der Waals surface area contributed by atoms with Crippen LogP contribution in [0.1, 0.15) is 56.1 Å². The average Bonchev–Trinajstić information content (AvgIpc) is 2.82. The average molecular weight is 450 g/mol. The van der Waals surface area contributed by atoms with E-state index in [1.54, 1.807) is 19.2 Å². The van der Waals surface area contributed by atoms with Crippen LogP contribution in [0.25, 0.3) is 0 Å². The molecule has 0 fully saturated rings. The Morgan fingerprint density at radius 3 is 2.55 bits per heavy atom. The fourth-order valence-corrected chi connectivity index (χ4v) is 4.79. The molecule has 0 radical (unpaired) electrons. The molecule has 0 saturated heterocycles.